The van der Waals surface area contributed by atoms with Gasteiger partial charge in [0.1, 0.15) is 11.3 Å². The molecule has 1 N–H and O–H groups in total. The molecule has 1 amide bonds. The second-order valence-corrected chi connectivity index (χ2v) is 5.45. The van der Waals surface area contributed by atoms with Crippen LogP contribution in [-0.2, 0) is 11.3 Å². The highest BCUT2D eigenvalue weighted by Gasteiger charge is 2.05. The minimum absolute atomic E-state index is 0.103. The zero-order chi connectivity index (χ0) is 16.9. The number of hydrogen-bond donors (Lipinski definition) is 1. The van der Waals surface area contributed by atoms with Crippen LogP contribution in [0.2, 0.25) is 0 Å². The summed E-state index contributed by atoms with van der Waals surface area (Å²) in [4.78, 5) is 23.1. The lowest BCUT2D eigenvalue weighted by atomic mass is 10.1. The topological polar surface area (TPSA) is 68.5 Å². The summed E-state index contributed by atoms with van der Waals surface area (Å²) >= 11 is 0. The van der Waals surface area contributed by atoms with Gasteiger partial charge in [0.05, 0.1) is 0 Å². The van der Waals surface area contributed by atoms with Crippen LogP contribution in [0.3, 0.4) is 0 Å². The van der Waals surface area contributed by atoms with Crippen LogP contribution >= 0.6 is 0 Å². The van der Waals surface area contributed by atoms with Crippen LogP contribution in [-0.4, -0.2) is 12.5 Å². The number of fused-ring (bicyclic) bond motifs is 1. The Bertz CT molecular complexity index is 930. The van der Waals surface area contributed by atoms with E-state index < -0.39 is 5.63 Å². The van der Waals surface area contributed by atoms with Gasteiger partial charge in [-0.2, -0.15) is 0 Å². The van der Waals surface area contributed by atoms with Gasteiger partial charge in [0.15, 0.2) is 6.61 Å². The van der Waals surface area contributed by atoms with E-state index >= 15 is 0 Å². The van der Waals surface area contributed by atoms with Crippen LogP contribution in [0.25, 0.3) is 11.0 Å². The lowest BCUT2D eigenvalue weighted by molar-refractivity contribution is -0.123. The SMILES string of the molecule is Cc1ccccc1CNC(=O)COc1ccc2ccc(=O)oc2c1. The third kappa shape index (κ3) is 3.81. The Morgan fingerprint density at radius 1 is 1.12 bits per heavy atom. The Morgan fingerprint density at radius 2 is 1.92 bits per heavy atom. The maximum atomic E-state index is 11.9. The summed E-state index contributed by atoms with van der Waals surface area (Å²) in [5.74, 6) is 0.260. The van der Waals surface area contributed by atoms with Crippen LogP contribution < -0.4 is 15.7 Å². The average molecular weight is 323 g/mol. The Balaban J connectivity index is 1.58. The van der Waals surface area contributed by atoms with Crippen molar-refractivity contribution in [1.29, 1.82) is 0 Å². The van der Waals surface area contributed by atoms with Gasteiger partial charge >= 0.3 is 5.63 Å². The van der Waals surface area contributed by atoms with Gasteiger partial charge in [-0.25, -0.2) is 4.79 Å². The predicted molar refractivity (Wildman–Crippen MR) is 91.0 cm³/mol. The van der Waals surface area contributed by atoms with Crippen molar-refractivity contribution in [2.24, 2.45) is 0 Å². The fourth-order valence-corrected chi connectivity index (χ4v) is 2.33. The summed E-state index contributed by atoms with van der Waals surface area (Å²) in [6.07, 6.45) is 0. The molecule has 5 heteroatoms. The molecule has 122 valence electrons. The number of carbonyl (C=O) groups is 1. The number of nitrogens with one attached hydrogen (secondary N) is 1. The maximum absolute atomic E-state index is 11.9. The van der Waals surface area contributed by atoms with Gasteiger partial charge in [0, 0.05) is 24.1 Å². The first-order chi connectivity index (χ1) is 11.6. The fraction of sp³-hybridized carbons (Fsp3) is 0.158. The molecule has 0 aliphatic heterocycles. The van der Waals surface area contributed by atoms with E-state index in [2.05, 4.69) is 5.32 Å². The van der Waals surface area contributed by atoms with Crippen molar-refractivity contribution in [2.45, 2.75) is 13.5 Å². The van der Waals surface area contributed by atoms with Crippen molar-refractivity contribution in [2.75, 3.05) is 6.61 Å². The van der Waals surface area contributed by atoms with Gasteiger partial charge in [0.25, 0.3) is 5.91 Å². The van der Waals surface area contributed by atoms with Crippen LogP contribution in [0.15, 0.2) is 63.8 Å². The molecule has 0 bridgehead atoms. The Morgan fingerprint density at radius 3 is 2.75 bits per heavy atom. The van der Waals surface area contributed by atoms with Gasteiger partial charge < -0.3 is 14.5 Å². The third-order valence-corrected chi connectivity index (χ3v) is 3.70. The second-order valence-electron chi connectivity index (χ2n) is 5.45. The molecule has 0 aliphatic rings. The third-order valence-electron chi connectivity index (χ3n) is 3.70. The van der Waals surface area contributed by atoms with Gasteiger partial charge in [0.2, 0.25) is 0 Å². The molecule has 1 heterocycles. The van der Waals surface area contributed by atoms with E-state index in [9.17, 15) is 9.59 Å². The standard InChI is InChI=1S/C19H17NO4/c1-13-4-2-3-5-15(13)11-20-18(21)12-23-16-8-6-14-7-9-19(22)24-17(14)10-16/h2-10H,11-12H2,1H3,(H,20,21). The van der Waals surface area contributed by atoms with Crippen molar-refractivity contribution >= 4 is 16.9 Å². The molecule has 0 saturated heterocycles. The zero-order valence-corrected chi connectivity index (χ0v) is 13.2. The Labute approximate surface area is 138 Å². The van der Waals surface area contributed by atoms with E-state index in [0.29, 0.717) is 17.9 Å². The summed E-state index contributed by atoms with van der Waals surface area (Å²) in [7, 11) is 0. The molecule has 24 heavy (non-hydrogen) atoms. The monoisotopic (exact) mass is 323 g/mol. The van der Waals surface area contributed by atoms with Gasteiger partial charge in [-0.05, 0) is 36.2 Å². The van der Waals surface area contributed by atoms with E-state index in [0.717, 1.165) is 16.5 Å². The highest BCUT2D eigenvalue weighted by molar-refractivity contribution is 5.79. The molecule has 0 spiro atoms. The van der Waals surface area contributed by atoms with Crippen molar-refractivity contribution in [1.82, 2.24) is 5.32 Å². The first kappa shape index (κ1) is 15.8. The minimum Gasteiger partial charge on any atom is -0.484 e. The van der Waals surface area contributed by atoms with E-state index in [1.165, 1.54) is 6.07 Å². The van der Waals surface area contributed by atoms with E-state index in [1.807, 2.05) is 31.2 Å². The summed E-state index contributed by atoms with van der Waals surface area (Å²) in [5.41, 5.74) is 2.21. The average Bonchev–Trinajstić information content (AvgIpc) is 2.59. The molecule has 0 saturated carbocycles. The molecular formula is C19H17NO4. The molecular weight excluding hydrogens is 306 g/mol. The molecule has 1 aromatic heterocycles. The number of hydrogen-bond acceptors (Lipinski definition) is 4. The van der Waals surface area contributed by atoms with Crippen LogP contribution in [0, 0.1) is 6.92 Å². The van der Waals surface area contributed by atoms with Crippen molar-refractivity contribution in [3.05, 3.63) is 76.1 Å². The lowest BCUT2D eigenvalue weighted by Crippen LogP contribution is -2.28. The normalized spacial score (nSPS) is 10.5. The van der Waals surface area contributed by atoms with Crippen molar-refractivity contribution in [3.8, 4) is 5.75 Å². The maximum Gasteiger partial charge on any atom is 0.336 e. The molecule has 0 aliphatic carbocycles. The van der Waals surface area contributed by atoms with Crippen LogP contribution in [0.5, 0.6) is 5.75 Å². The highest BCUT2D eigenvalue weighted by Crippen LogP contribution is 2.19. The number of ether oxygens (including phenoxy) is 1. The van der Waals surface area contributed by atoms with Crippen LogP contribution in [0.1, 0.15) is 11.1 Å². The van der Waals surface area contributed by atoms with Crippen LogP contribution in [0.4, 0.5) is 0 Å². The molecule has 0 atom stereocenters. The molecule has 3 rings (SSSR count). The van der Waals surface area contributed by atoms with Gasteiger partial charge in [-0.15, -0.1) is 0 Å². The van der Waals surface area contributed by atoms with Gasteiger partial charge in [-0.1, -0.05) is 24.3 Å². The summed E-state index contributed by atoms with van der Waals surface area (Å²) in [6.45, 7) is 2.36. The Kier molecular flexibility index (Phi) is 4.61. The molecule has 0 unspecified atom stereocenters. The van der Waals surface area contributed by atoms with E-state index in [4.69, 9.17) is 9.15 Å². The van der Waals surface area contributed by atoms with Gasteiger partial charge in [-0.3, -0.25) is 4.79 Å². The molecule has 0 fully saturated rings. The molecule has 5 nitrogen and oxygen atoms in total. The first-order valence-corrected chi connectivity index (χ1v) is 7.60. The lowest BCUT2D eigenvalue weighted by Gasteiger charge is -2.09. The molecule has 2 aromatic carbocycles. The Hall–Kier alpha value is -3.08. The zero-order valence-electron chi connectivity index (χ0n) is 13.2. The molecule has 3 aromatic rings. The number of benzene rings is 2. The summed E-state index contributed by atoms with van der Waals surface area (Å²) < 4.78 is 10.6. The fourth-order valence-electron chi connectivity index (χ4n) is 2.33. The number of carbonyl (C=O) groups excluding carboxylic acids is 1. The first-order valence-electron chi connectivity index (χ1n) is 7.60. The quantitative estimate of drug-likeness (QED) is 0.733. The largest absolute Gasteiger partial charge is 0.484 e. The second kappa shape index (κ2) is 7.00. The molecule has 0 radical (unpaired) electrons. The highest BCUT2D eigenvalue weighted by atomic mass is 16.5. The van der Waals surface area contributed by atoms with E-state index in [-0.39, 0.29) is 12.5 Å². The number of rotatable bonds is 5. The number of amides is 1. The smallest absolute Gasteiger partial charge is 0.336 e. The summed E-state index contributed by atoms with van der Waals surface area (Å²) in [5, 5.41) is 3.62. The minimum atomic E-state index is -0.421. The summed E-state index contributed by atoms with van der Waals surface area (Å²) in [6, 6.07) is 16.0. The predicted octanol–water partition coefficient (Wildman–Crippen LogP) is 2.80. The van der Waals surface area contributed by atoms with E-state index in [1.54, 1.807) is 24.3 Å². The van der Waals surface area contributed by atoms with Crippen molar-refractivity contribution < 1.29 is 13.9 Å². The van der Waals surface area contributed by atoms with Crippen molar-refractivity contribution in [3.63, 3.8) is 0 Å². The number of aryl methyl sites for hydroxylation is 1.